The Morgan fingerprint density at radius 1 is 1.08 bits per heavy atom. The minimum absolute atomic E-state index is 0.0440. The molecule has 6 heteroatoms. The van der Waals surface area contributed by atoms with Crippen LogP contribution in [-0.4, -0.2) is 19.9 Å². The van der Waals surface area contributed by atoms with E-state index in [-0.39, 0.29) is 29.1 Å². The molecule has 0 N–H and O–H groups in total. The number of para-hydroxylation sites is 1. The van der Waals surface area contributed by atoms with Crippen LogP contribution < -0.4 is 4.74 Å². The molecule has 1 heterocycles. The first-order chi connectivity index (χ1) is 12.3. The molecule has 0 atom stereocenters. The van der Waals surface area contributed by atoms with Gasteiger partial charge in [-0.2, -0.15) is 0 Å². The third kappa shape index (κ3) is 3.64. The van der Waals surface area contributed by atoms with Crippen LogP contribution in [0.1, 0.15) is 42.3 Å². The van der Waals surface area contributed by atoms with Crippen LogP contribution in [0.3, 0.4) is 0 Å². The minimum Gasteiger partial charge on any atom is -0.504 e. The first-order valence-corrected chi connectivity index (χ1v) is 8.33. The van der Waals surface area contributed by atoms with E-state index in [0.29, 0.717) is 16.9 Å². The maximum absolute atomic E-state index is 12.9. The Balaban J connectivity index is 2.02. The molecule has 0 saturated carbocycles. The molecule has 0 aliphatic carbocycles. The summed E-state index contributed by atoms with van der Waals surface area (Å²) >= 11 is 0. The van der Waals surface area contributed by atoms with Gasteiger partial charge >= 0.3 is 7.47 Å². The zero-order valence-corrected chi connectivity index (χ0v) is 14.9. The first kappa shape index (κ1) is 18.2. The number of carbonyl (C=O) groups excluding carboxylic acids is 1. The van der Waals surface area contributed by atoms with Crippen molar-refractivity contribution in [3.63, 3.8) is 0 Å². The summed E-state index contributed by atoms with van der Waals surface area (Å²) in [6, 6.07) is 13.8. The maximum atomic E-state index is 12.9. The molecule has 0 saturated heterocycles. The molecule has 0 unspecified atom stereocenters. The lowest BCUT2D eigenvalue weighted by Crippen LogP contribution is -2.21. The molecule has 0 bridgehead atoms. The zero-order chi connectivity index (χ0) is 18.9. The van der Waals surface area contributed by atoms with E-state index in [1.807, 2.05) is 12.1 Å². The number of ether oxygens (including phenoxy) is 1. The van der Waals surface area contributed by atoms with E-state index >= 15 is 0 Å². The Bertz CT molecular complexity index is 852. The van der Waals surface area contributed by atoms with Crippen molar-refractivity contribution in [2.24, 2.45) is 0 Å². The van der Waals surface area contributed by atoms with E-state index in [9.17, 15) is 13.4 Å². The summed E-state index contributed by atoms with van der Waals surface area (Å²) in [6.07, 6.45) is 0. The topological polar surface area (TPSA) is 35.5 Å². The van der Waals surface area contributed by atoms with Gasteiger partial charge in [0.2, 0.25) is 0 Å². The van der Waals surface area contributed by atoms with Crippen molar-refractivity contribution in [3.05, 3.63) is 70.8 Å². The molecular weight excluding hydrogens is 337 g/mol. The molecule has 2 aromatic rings. The normalized spacial score (nSPS) is 13.7. The second-order valence-electron chi connectivity index (χ2n) is 7.13. The lowest BCUT2D eigenvalue weighted by molar-refractivity contribution is 0.101. The average molecular weight is 356 g/mol. The van der Waals surface area contributed by atoms with Crippen LogP contribution in [-0.2, 0) is 10.1 Å². The summed E-state index contributed by atoms with van der Waals surface area (Å²) in [5, 5.41) is 0. The fourth-order valence-electron chi connectivity index (χ4n) is 2.85. The number of Topliss-reactive ketones (excluding diaryl/α,β-unsaturated/α-hetero) is 1. The molecule has 0 amide bonds. The van der Waals surface area contributed by atoms with Gasteiger partial charge in [-0.1, -0.05) is 57.2 Å². The van der Waals surface area contributed by atoms with Crippen molar-refractivity contribution in [1.82, 2.24) is 0 Å². The molecule has 3 rings (SSSR count). The highest BCUT2D eigenvalue weighted by molar-refractivity contribution is 6.36. The van der Waals surface area contributed by atoms with Crippen molar-refractivity contribution in [3.8, 4) is 5.75 Å². The lowest BCUT2D eigenvalue weighted by atomic mass is 9.86. The number of benzene rings is 2. The van der Waals surface area contributed by atoms with Crippen LogP contribution in [0.25, 0.3) is 5.76 Å². The van der Waals surface area contributed by atoms with Gasteiger partial charge in [0.1, 0.15) is 18.1 Å². The summed E-state index contributed by atoms with van der Waals surface area (Å²) in [5.74, 6) is -0.0786. The molecular formula is C20H19BF2O3. The van der Waals surface area contributed by atoms with Crippen molar-refractivity contribution >= 4 is 19.0 Å². The smallest absolute Gasteiger partial charge is 0.504 e. The predicted molar refractivity (Wildman–Crippen MR) is 97.4 cm³/mol. The van der Waals surface area contributed by atoms with Crippen LogP contribution in [0.4, 0.5) is 8.63 Å². The Morgan fingerprint density at radius 2 is 1.73 bits per heavy atom. The van der Waals surface area contributed by atoms with E-state index in [1.54, 1.807) is 36.4 Å². The van der Waals surface area contributed by atoms with Crippen molar-refractivity contribution < 1.29 is 22.8 Å². The minimum atomic E-state index is -3.03. The third-order valence-electron chi connectivity index (χ3n) is 4.27. The van der Waals surface area contributed by atoms with Crippen LogP contribution >= 0.6 is 0 Å². The summed E-state index contributed by atoms with van der Waals surface area (Å²) < 4.78 is 36.1. The predicted octanol–water partition coefficient (Wildman–Crippen LogP) is 4.91. The Kier molecular flexibility index (Phi) is 4.85. The largest absolute Gasteiger partial charge is 0.796 e. The molecule has 0 aromatic heterocycles. The lowest BCUT2D eigenvalue weighted by Gasteiger charge is -2.23. The Morgan fingerprint density at radius 3 is 2.35 bits per heavy atom. The molecule has 2 aromatic carbocycles. The van der Waals surface area contributed by atoms with E-state index < -0.39 is 7.47 Å². The summed E-state index contributed by atoms with van der Waals surface area (Å²) in [7, 11) is -3.03. The number of fused-ring (bicyclic) bond motifs is 1. The Hall–Kier alpha value is -2.63. The number of carbonyl (C=O) groups is 1. The SMILES string of the molecule is CC(C)(C)c1ccc(C(=O)C2=C(OB(F)F)c3ccccc3OC2)cc1. The summed E-state index contributed by atoms with van der Waals surface area (Å²) in [5.41, 5.74) is 1.89. The maximum Gasteiger partial charge on any atom is 0.796 e. The summed E-state index contributed by atoms with van der Waals surface area (Å²) in [4.78, 5) is 12.9. The van der Waals surface area contributed by atoms with Gasteiger partial charge in [-0.3, -0.25) is 4.79 Å². The van der Waals surface area contributed by atoms with Gasteiger partial charge in [0.15, 0.2) is 5.78 Å². The zero-order valence-electron chi connectivity index (χ0n) is 14.9. The van der Waals surface area contributed by atoms with Crippen LogP contribution in [0.5, 0.6) is 5.75 Å². The molecule has 134 valence electrons. The van der Waals surface area contributed by atoms with Gasteiger partial charge < -0.3 is 9.39 Å². The molecule has 0 spiro atoms. The molecule has 1 aliphatic rings. The monoisotopic (exact) mass is 356 g/mol. The van der Waals surface area contributed by atoms with E-state index in [4.69, 9.17) is 9.39 Å². The van der Waals surface area contributed by atoms with Gasteiger partial charge in [0.05, 0.1) is 11.1 Å². The van der Waals surface area contributed by atoms with Gasteiger partial charge in [0.25, 0.3) is 0 Å². The number of ketones is 1. The average Bonchev–Trinajstić information content (AvgIpc) is 2.60. The molecule has 0 fully saturated rings. The van der Waals surface area contributed by atoms with Crippen molar-refractivity contribution in [2.45, 2.75) is 26.2 Å². The van der Waals surface area contributed by atoms with Crippen LogP contribution in [0, 0.1) is 0 Å². The molecule has 26 heavy (non-hydrogen) atoms. The number of hydrogen-bond acceptors (Lipinski definition) is 3. The fourth-order valence-corrected chi connectivity index (χ4v) is 2.85. The van der Waals surface area contributed by atoms with Gasteiger partial charge in [-0.05, 0) is 23.1 Å². The van der Waals surface area contributed by atoms with Crippen LogP contribution in [0.2, 0.25) is 0 Å². The van der Waals surface area contributed by atoms with Crippen molar-refractivity contribution in [2.75, 3.05) is 6.61 Å². The van der Waals surface area contributed by atoms with E-state index in [0.717, 1.165) is 5.56 Å². The number of hydrogen-bond donors (Lipinski definition) is 0. The molecule has 0 radical (unpaired) electrons. The van der Waals surface area contributed by atoms with Crippen molar-refractivity contribution in [1.29, 1.82) is 0 Å². The van der Waals surface area contributed by atoms with Gasteiger partial charge in [-0.15, -0.1) is 0 Å². The Labute approximate surface area is 151 Å². The highest BCUT2D eigenvalue weighted by Gasteiger charge is 2.31. The number of halogens is 2. The molecule has 3 nitrogen and oxygen atoms in total. The summed E-state index contributed by atoms with van der Waals surface area (Å²) in [6.45, 7) is 6.12. The highest BCUT2D eigenvalue weighted by atomic mass is 19.2. The second-order valence-corrected chi connectivity index (χ2v) is 7.13. The van der Waals surface area contributed by atoms with E-state index in [1.165, 1.54) is 0 Å². The molecule has 1 aliphatic heterocycles. The van der Waals surface area contributed by atoms with Gasteiger partial charge in [0, 0.05) is 5.56 Å². The van der Waals surface area contributed by atoms with E-state index in [2.05, 4.69) is 20.8 Å². The highest BCUT2D eigenvalue weighted by Crippen LogP contribution is 2.35. The first-order valence-electron chi connectivity index (χ1n) is 8.33. The quantitative estimate of drug-likeness (QED) is 0.577. The number of rotatable bonds is 4. The van der Waals surface area contributed by atoms with Gasteiger partial charge in [-0.25, -0.2) is 8.63 Å². The third-order valence-corrected chi connectivity index (χ3v) is 4.27. The fraction of sp³-hybridized carbons (Fsp3) is 0.250. The van der Waals surface area contributed by atoms with Crippen LogP contribution in [0.15, 0.2) is 54.1 Å². The standard InChI is InChI=1S/C20H19BF2O3/c1-20(2,3)14-10-8-13(9-11-14)18(24)16-12-25-17-7-5-4-6-15(17)19(16)26-21(22)23/h4-11H,12H2,1-3H3. The second kappa shape index (κ2) is 6.94.